The molecule has 1 amide bonds. The summed E-state index contributed by atoms with van der Waals surface area (Å²) < 4.78 is 5.67. The molecular formula is C16H22N2O4. The van der Waals surface area contributed by atoms with Crippen LogP contribution in [0.25, 0.3) is 0 Å². The van der Waals surface area contributed by atoms with Gasteiger partial charge in [0.2, 0.25) is 0 Å². The first kappa shape index (κ1) is 16.3. The molecule has 0 radical (unpaired) electrons. The van der Waals surface area contributed by atoms with Crippen molar-refractivity contribution in [3.63, 3.8) is 0 Å². The second kappa shape index (κ2) is 7.77. The summed E-state index contributed by atoms with van der Waals surface area (Å²) in [7, 11) is 0. The van der Waals surface area contributed by atoms with Crippen molar-refractivity contribution in [2.24, 2.45) is 0 Å². The van der Waals surface area contributed by atoms with E-state index >= 15 is 0 Å². The number of nitro benzene ring substituents is 1. The molecule has 0 bridgehead atoms. The van der Waals surface area contributed by atoms with Gasteiger partial charge in [0.15, 0.2) is 6.10 Å². The topological polar surface area (TPSA) is 81.5 Å². The van der Waals surface area contributed by atoms with E-state index in [9.17, 15) is 14.9 Å². The smallest absolute Gasteiger partial charge is 0.269 e. The number of benzene rings is 1. The number of ether oxygens (including phenoxy) is 1. The van der Waals surface area contributed by atoms with Crippen molar-refractivity contribution in [1.82, 2.24) is 5.32 Å². The Kier molecular flexibility index (Phi) is 5.75. The van der Waals surface area contributed by atoms with Crippen LogP contribution in [0.15, 0.2) is 24.3 Å². The van der Waals surface area contributed by atoms with Crippen LogP contribution in [0, 0.1) is 10.1 Å². The highest BCUT2D eigenvalue weighted by Crippen LogP contribution is 2.20. The Morgan fingerprint density at radius 2 is 1.95 bits per heavy atom. The third-order valence-corrected chi connectivity index (χ3v) is 3.94. The SMILES string of the molecule is CCC(Oc1ccc([N+](=O)[O-])cc1)C(=O)NC1CCCCC1. The fourth-order valence-corrected chi connectivity index (χ4v) is 2.67. The fraction of sp³-hybridized carbons (Fsp3) is 0.562. The third kappa shape index (κ3) is 4.44. The van der Waals surface area contributed by atoms with E-state index in [1.807, 2.05) is 6.92 Å². The van der Waals surface area contributed by atoms with E-state index in [0.717, 1.165) is 25.7 Å². The highest BCUT2D eigenvalue weighted by atomic mass is 16.6. The summed E-state index contributed by atoms with van der Waals surface area (Å²) in [6.45, 7) is 1.89. The molecule has 1 saturated carbocycles. The number of nitrogens with zero attached hydrogens (tertiary/aromatic N) is 1. The van der Waals surface area contributed by atoms with Crippen LogP contribution in [-0.2, 0) is 4.79 Å². The van der Waals surface area contributed by atoms with Crippen molar-refractivity contribution < 1.29 is 14.5 Å². The molecule has 0 heterocycles. The first-order valence-corrected chi connectivity index (χ1v) is 7.81. The van der Waals surface area contributed by atoms with E-state index < -0.39 is 11.0 Å². The van der Waals surface area contributed by atoms with Gasteiger partial charge in [-0.3, -0.25) is 14.9 Å². The van der Waals surface area contributed by atoms with E-state index in [1.165, 1.54) is 30.7 Å². The van der Waals surface area contributed by atoms with E-state index in [0.29, 0.717) is 12.2 Å². The molecule has 2 rings (SSSR count). The number of nitrogens with one attached hydrogen (secondary N) is 1. The summed E-state index contributed by atoms with van der Waals surface area (Å²) in [6, 6.07) is 6.04. The Hall–Kier alpha value is -2.11. The summed E-state index contributed by atoms with van der Waals surface area (Å²) in [5.41, 5.74) is 0.00653. The van der Waals surface area contributed by atoms with Crippen LogP contribution >= 0.6 is 0 Å². The molecule has 1 aliphatic carbocycles. The molecule has 1 atom stereocenters. The highest BCUT2D eigenvalue weighted by Gasteiger charge is 2.23. The Labute approximate surface area is 130 Å². The normalized spacial score (nSPS) is 16.8. The molecule has 0 spiro atoms. The van der Waals surface area contributed by atoms with Crippen LogP contribution in [0.2, 0.25) is 0 Å². The Balaban J connectivity index is 1.92. The number of hydrogen-bond donors (Lipinski definition) is 1. The molecule has 0 aromatic heterocycles. The molecule has 120 valence electrons. The quantitative estimate of drug-likeness (QED) is 0.646. The predicted octanol–water partition coefficient (Wildman–Crippen LogP) is 3.20. The van der Waals surface area contributed by atoms with Gasteiger partial charge in [-0.05, 0) is 31.4 Å². The first-order valence-electron chi connectivity index (χ1n) is 7.81. The van der Waals surface area contributed by atoms with Crippen LogP contribution in [-0.4, -0.2) is 23.0 Å². The van der Waals surface area contributed by atoms with Crippen LogP contribution in [0.3, 0.4) is 0 Å². The maximum atomic E-state index is 12.3. The van der Waals surface area contributed by atoms with Gasteiger partial charge in [-0.1, -0.05) is 26.2 Å². The zero-order valence-electron chi connectivity index (χ0n) is 12.8. The number of carbonyl (C=O) groups excluding carboxylic acids is 1. The fourth-order valence-electron chi connectivity index (χ4n) is 2.67. The van der Waals surface area contributed by atoms with Gasteiger partial charge in [0.1, 0.15) is 5.75 Å². The molecular weight excluding hydrogens is 284 g/mol. The van der Waals surface area contributed by atoms with Crippen LogP contribution in [0.5, 0.6) is 5.75 Å². The number of rotatable bonds is 6. The summed E-state index contributed by atoms with van der Waals surface area (Å²) in [5.74, 6) is 0.365. The molecule has 22 heavy (non-hydrogen) atoms. The summed E-state index contributed by atoms with van der Waals surface area (Å²) in [4.78, 5) is 22.4. The number of non-ortho nitro benzene ring substituents is 1. The maximum absolute atomic E-state index is 12.3. The molecule has 1 aromatic carbocycles. The number of nitro groups is 1. The first-order chi connectivity index (χ1) is 10.6. The van der Waals surface area contributed by atoms with Gasteiger partial charge in [-0.15, -0.1) is 0 Å². The lowest BCUT2D eigenvalue weighted by atomic mass is 9.95. The van der Waals surface area contributed by atoms with E-state index in [2.05, 4.69) is 5.32 Å². The minimum atomic E-state index is -0.566. The lowest BCUT2D eigenvalue weighted by Gasteiger charge is -2.25. The number of carbonyl (C=O) groups is 1. The Morgan fingerprint density at radius 1 is 1.32 bits per heavy atom. The number of amides is 1. The summed E-state index contributed by atoms with van der Waals surface area (Å²) in [5, 5.41) is 13.7. The number of hydrogen-bond acceptors (Lipinski definition) is 4. The Morgan fingerprint density at radius 3 is 2.50 bits per heavy atom. The molecule has 0 aliphatic heterocycles. The highest BCUT2D eigenvalue weighted by molar-refractivity contribution is 5.81. The van der Waals surface area contributed by atoms with Crippen molar-refractivity contribution in [2.45, 2.75) is 57.6 Å². The van der Waals surface area contributed by atoms with Crippen molar-refractivity contribution in [3.8, 4) is 5.75 Å². The molecule has 1 aromatic rings. The van der Waals surface area contributed by atoms with E-state index in [-0.39, 0.29) is 17.6 Å². The minimum absolute atomic E-state index is 0.00653. The van der Waals surface area contributed by atoms with Gasteiger partial charge >= 0.3 is 0 Å². The van der Waals surface area contributed by atoms with Crippen molar-refractivity contribution in [3.05, 3.63) is 34.4 Å². The largest absolute Gasteiger partial charge is 0.481 e. The average molecular weight is 306 g/mol. The second-order valence-corrected chi connectivity index (χ2v) is 5.61. The molecule has 1 aliphatic rings. The molecule has 0 saturated heterocycles. The lowest BCUT2D eigenvalue weighted by molar-refractivity contribution is -0.384. The third-order valence-electron chi connectivity index (χ3n) is 3.94. The summed E-state index contributed by atoms with van der Waals surface area (Å²) >= 11 is 0. The monoisotopic (exact) mass is 306 g/mol. The molecule has 1 fully saturated rings. The van der Waals surface area contributed by atoms with Gasteiger partial charge in [-0.25, -0.2) is 0 Å². The van der Waals surface area contributed by atoms with E-state index in [1.54, 1.807) is 0 Å². The van der Waals surface area contributed by atoms with Gasteiger partial charge in [0.25, 0.3) is 11.6 Å². The Bertz CT molecular complexity index is 509. The molecule has 6 heteroatoms. The summed E-state index contributed by atoms with van der Waals surface area (Å²) in [6.07, 6.45) is 5.59. The average Bonchev–Trinajstić information content (AvgIpc) is 2.53. The van der Waals surface area contributed by atoms with Crippen molar-refractivity contribution >= 4 is 11.6 Å². The molecule has 6 nitrogen and oxygen atoms in total. The maximum Gasteiger partial charge on any atom is 0.269 e. The van der Waals surface area contributed by atoms with Crippen LogP contribution in [0.1, 0.15) is 45.4 Å². The minimum Gasteiger partial charge on any atom is -0.481 e. The zero-order valence-corrected chi connectivity index (χ0v) is 12.8. The second-order valence-electron chi connectivity index (χ2n) is 5.61. The predicted molar refractivity (Wildman–Crippen MR) is 82.8 cm³/mol. The lowest BCUT2D eigenvalue weighted by Crippen LogP contribution is -2.44. The standard InChI is InChI=1S/C16H22N2O4/c1-2-15(16(19)17-12-6-4-3-5-7-12)22-14-10-8-13(9-11-14)18(20)21/h8-12,15H,2-7H2,1H3,(H,17,19). The van der Waals surface area contributed by atoms with Gasteiger partial charge in [0, 0.05) is 18.2 Å². The molecule has 1 unspecified atom stereocenters. The van der Waals surface area contributed by atoms with Gasteiger partial charge in [0.05, 0.1) is 4.92 Å². The molecule has 1 N–H and O–H groups in total. The van der Waals surface area contributed by atoms with E-state index in [4.69, 9.17) is 4.74 Å². The van der Waals surface area contributed by atoms with Gasteiger partial charge < -0.3 is 10.1 Å². The zero-order chi connectivity index (χ0) is 15.9. The van der Waals surface area contributed by atoms with Crippen LogP contribution in [0.4, 0.5) is 5.69 Å². The van der Waals surface area contributed by atoms with Gasteiger partial charge in [-0.2, -0.15) is 0 Å². The van der Waals surface area contributed by atoms with Crippen molar-refractivity contribution in [1.29, 1.82) is 0 Å². The van der Waals surface area contributed by atoms with Crippen LogP contribution < -0.4 is 10.1 Å². The van der Waals surface area contributed by atoms with Crippen molar-refractivity contribution in [2.75, 3.05) is 0 Å².